The first-order valence-corrected chi connectivity index (χ1v) is 13.7. The molecule has 0 N–H and O–H groups in total. The van der Waals surface area contributed by atoms with E-state index < -0.39 is 8.07 Å². The zero-order valence-electron chi connectivity index (χ0n) is 16.4. The van der Waals surface area contributed by atoms with Gasteiger partial charge in [-0.2, -0.15) is 0 Å². The maximum Gasteiger partial charge on any atom is 0.0598 e. The van der Waals surface area contributed by atoms with E-state index in [1.54, 1.807) is 77.0 Å². The molecule has 1 heteroatoms. The van der Waals surface area contributed by atoms with Crippen LogP contribution >= 0.6 is 0 Å². The molecule has 3 fully saturated rings. The first kappa shape index (κ1) is 18.0. The largest absolute Gasteiger partial charge is 0.0685 e. The third kappa shape index (κ3) is 3.91. The molecule has 0 atom stereocenters. The highest BCUT2D eigenvalue weighted by Crippen LogP contribution is 2.57. The second-order valence-electron chi connectivity index (χ2n) is 10.2. The van der Waals surface area contributed by atoms with E-state index >= 15 is 0 Å². The van der Waals surface area contributed by atoms with Crippen LogP contribution in [0.3, 0.4) is 0 Å². The summed E-state index contributed by atoms with van der Waals surface area (Å²) >= 11 is 0. The molecule has 3 aliphatic carbocycles. The Morgan fingerprint density at radius 3 is 0.870 bits per heavy atom. The Bertz CT molecular complexity index is 297. The Morgan fingerprint density at radius 1 is 0.435 bits per heavy atom. The Balaban J connectivity index is 1.77. The lowest BCUT2D eigenvalue weighted by atomic mass is 9.89. The second-order valence-corrected chi connectivity index (χ2v) is 15.4. The Hall–Kier alpha value is 0.217. The average Bonchev–Trinajstić information content (AvgIpc) is 2.56. The summed E-state index contributed by atoms with van der Waals surface area (Å²) < 4.78 is 0. The molecule has 3 saturated carbocycles. The molecule has 0 amide bonds. The topological polar surface area (TPSA) is 0 Å². The lowest BCUT2D eigenvalue weighted by molar-refractivity contribution is 0.329. The fraction of sp³-hybridized carbons (Fsp3) is 1.00. The van der Waals surface area contributed by atoms with Crippen LogP contribution < -0.4 is 0 Å². The third-order valence-corrected chi connectivity index (χ3v) is 15.7. The van der Waals surface area contributed by atoms with Crippen molar-refractivity contribution in [3.63, 3.8) is 0 Å². The monoisotopic (exact) mass is 334 g/mol. The molecule has 134 valence electrons. The van der Waals surface area contributed by atoms with Crippen LogP contribution in [-0.4, -0.2) is 8.07 Å². The van der Waals surface area contributed by atoms with Crippen molar-refractivity contribution in [2.75, 3.05) is 0 Å². The molecular weight excluding hydrogens is 292 g/mol. The Morgan fingerprint density at radius 2 is 0.652 bits per heavy atom. The number of hydrogen-bond donors (Lipinski definition) is 0. The molecule has 3 rings (SSSR count). The quantitative estimate of drug-likeness (QED) is 0.462. The van der Waals surface area contributed by atoms with E-state index in [1.807, 2.05) is 0 Å². The van der Waals surface area contributed by atoms with Gasteiger partial charge in [0.25, 0.3) is 0 Å². The smallest absolute Gasteiger partial charge is 0.0598 e. The number of hydrogen-bond acceptors (Lipinski definition) is 0. The van der Waals surface area contributed by atoms with Crippen LogP contribution in [0.25, 0.3) is 0 Å². The predicted molar refractivity (Wildman–Crippen MR) is 106 cm³/mol. The summed E-state index contributed by atoms with van der Waals surface area (Å²) in [6.45, 7) is 10.4. The van der Waals surface area contributed by atoms with Crippen LogP contribution in [0, 0.1) is 17.8 Å². The van der Waals surface area contributed by atoms with Gasteiger partial charge in [0.05, 0.1) is 8.07 Å². The molecule has 3 aliphatic rings. The van der Waals surface area contributed by atoms with Gasteiger partial charge in [0.15, 0.2) is 0 Å². The van der Waals surface area contributed by atoms with Crippen molar-refractivity contribution in [1.29, 1.82) is 0 Å². The van der Waals surface area contributed by atoms with Gasteiger partial charge < -0.3 is 0 Å². The van der Waals surface area contributed by atoms with Crippen molar-refractivity contribution in [2.24, 2.45) is 17.8 Å². The molecule has 0 heterocycles. The lowest BCUT2D eigenvalue weighted by Gasteiger charge is -2.52. The van der Waals surface area contributed by atoms with Crippen molar-refractivity contribution < 1.29 is 0 Å². The summed E-state index contributed by atoms with van der Waals surface area (Å²) in [5, 5.41) is 0. The summed E-state index contributed by atoms with van der Waals surface area (Å²) in [5.74, 6) is 3.05. The van der Waals surface area contributed by atoms with E-state index in [4.69, 9.17) is 0 Å². The van der Waals surface area contributed by atoms with Gasteiger partial charge >= 0.3 is 0 Å². The van der Waals surface area contributed by atoms with Crippen LogP contribution in [0.15, 0.2) is 0 Å². The van der Waals surface area contributed by atoms with Crippen LogP contribution in [0.5, 0.6) is 0 Å². The molecule has 0 unspecified atom stereocenters. The Kier molecular flexibility index (Phi) is 5.97. The second kappa shape index (κ2) is 7.62. The average molecular weight is 335 g/mol. The Labute approximate surface area is 147 Å². The van der Waals surface area contributed by atoms with Crippen LogP contribution in [0.4, 0.5) is 0 Å². The summed E-state index contributed by atoms with van der Waals surface area (Å²) in [6, 6.07) is 0. The number of rotatable bonds is 3. The van der Waals surface area contributed by atoms with Crippen LogP contribution in [0.2, 0.25) is 23.2 Å². The minimum Gasteiger partial charge on any atom is -0.0685 e. The highest BCUT2D eigenvalue weighted by atomic mass is 28.3. The summed E-state index contributed by atoms with van der Waals surface area (Å²) in [4.78, 5) is 0. The summed E-state index contributed by atoms with van der Waals surface area (Å²) in [6.07, 6.45) is 18.8. The molecule has 0 nitrogen and oxygen atoms in total. The molecule has 0 saturated heterocycles. The van der Waals surface area contributed by atoms with Gasteiger partial charge in [-0.15, -0.1) is 0 Å². The van der Waals surface area contributed by atoms with E-state index in [2.05, 4.69) is 27.3 Å². The van der Waals surface area contributed by atoms with Crippen molar-refractivity contribution in [3.8, 4) is 0 Å². The fourth-order valence-corrected chi connectivity index (χ4v) is 13.4. The van der Waals surface area contributed by atoms with Crippen molar-refractivity contribution in [3.05, 3.63) is 0 Å². The van der Waals surface area contributed by atoms with Gasteiger partial charge in [0.2, 0.25) is 0 Å². The van der Waals surface area contributed by atoms with E-state index in [-0.39, 0.29) is 0 Å². The molecule has 0 aromatic heterocycles. The van der Waals surface area contributed by atoms with E-state index in [0.717, 1.165) is 17.8 Å². The highest BCUT2D eigenvalue weighted by Gasteiger charge is 2.49. The molecule has 0 bridgehead atoms. The zero-order valence-corrected chi connectivity index (χ0v) is 17.4. The maximum atomic E-state index is 2.91. The lowest BCUT2D eigenvalue weighted by Crippen LogP contribution is -2.49. The standard InChI is InChI=1S/C22H42Si/c1-17-5-11-20(12-6-17)23(4,21-13-7-18(2)8-14-21)22-15-9-19(3)10-16-22/h17-22H,5-16H2,1-4H3. The van der Waals surface area contributed by atoms with Crippen LogP contribution in [0.1, 0.15) is 97.8 Å². The van der Waals surface area contributed by atoms with Gasteiger partial charge in [0.1, 0.15) is 0 Å². The van der Waals surface area contributed by atoms with E-state index in [0.29, 0.717) is 0 Å². The fourth-order valence-electron chi connectivity index (χ4n) is 6.65. The van der Waals surface area contributed by atoms with Gasteiger partial charge in [0, 0.05) is 0 Å². The molecular formula is C22H42Si. The van der Waals surface area contributed by atoms with Crippen molar-refractivity contribution >= 4 is 8.07 Å². The zero-order chi connectivity index (χ0) is 16.4. The first-order chi connectivity index (χ1) is 11.0. The van der Waals surface area contributed by atoms with Gasteiger partial charge in [-0.25, -0.2) is 0 Å². The van der Waals surface area contributed by atoms with Gasteiger partial charge in [-0.1, -0.05) is 104 Å². The normalized spacial score (nSPS) is 45.4. The molecule has 23 heavy (non-hydrogen) atoms. The van der Waals surface area contributed by atoms with Gasteiger partial charge in [-0.3, -0.25) is 0 Å². The maximum absolute atomic E-state index is 2.91. The predicted octanol–water partition coefficient (Wildman–Crippen LogP) is 7.81. The molecule has 0 aromatic rings. The highest BCUT2D eigenvalue weighted by molar-refractivity contribution is 6.82. The van der Waals surface area contributed by atoms with Crippen molar-refractivity contribution in [1.82, 2.24) is 0 Å². The van der Waals surface area contributed by atoms with Gasteiger partial charge in [-0.05, 0) is 34.4 Å². The van der Waals surface area contributed by atoms with E-state index in [1.165, 1.54) is 16.6 Å². The molecule has 0 spiro atoms. The molecule has 0 aromatic carbocycles. The van der Waals surface area contributed by atoms with Crippen molar-refractivity contribution in [2.45, 2.75) is 121 Å². The minimum absolute atomic E-state index is 1.02. The SMILES string of the molecule is CC1CCC([Si](C)(C2CCC(C)CC2)C2CCC(C)CC2)CC1. The van der Waals surface area contributed by atoms with Crippen LogP contribution in [-0.2, 0) is 0 Å². The minimum atomic E-state index is -1.14. The molecule has 0 aliphatic heterocycles. The van der Waals surface area contributed by atoms with E-state index in [9.17, 15) is 0 Å². The summed E-state index contributed by atoms with van der Waals surface area (Å²) in [5.41, 5.74) is 3.53. The third-order valence-electron chi connectivity index (χ3n) is 8.69. The summed E-state index contributed by atoms with van der Waals surface area (Å²) in [7, 11) is -1.14. The molecule has 0 radical (unpaired) electrons. The first-order valence-electron chi connectivity index (χ1n) is 11.0.